The lowest BCUT2D eigenvalue weighted by atomic mass is 9.91. The fraction of sp³-hybridized carbons (Fsp3) is 0.750. The molecule has 1 saturated heterocycles. The first kappa shape index (κ1) is 12.8. The number of aromatic nitrogens is 2. The Kier molecular flexibility index (Phi) is 3.73. The molecule has 17 heavy (non-hydrogen) atoms. The maximum Gasteiger partial charge on any atom is 0.129 e. The van der Waals surface area contributed by atoms with Crippen LogP contribution in [0.15, 0.2) is 0 Å². The largest absolute Gasteiger partial charge is 0.314 e. The molecule has 0 radical (unpaired) electrons. The Morgan fingerprint density at radius 3 is 2.94 bits per heavy atom. The minimum absolute atomic E-state index is 0.355. The quantitative estimate of drug-likeness (QED) is 0.904. The van der Waals surface area contributed by atoms with Crippen molar-refractivity contribution in [3.05, 3.63) is 16.4 Å². The van der Waals surface area contributed by atoms with Crippen molar-refractivity contribution < 1.29 is 4.39 Å². The molecule has 1 unspecified atom stereocenters. The third kappa shape index (κ3) is 2.63. The Labute approximate surface area is 106 Å². The van der Waals surface area contributed by atoms with Crippen LogP contribution in [0.3, 0.4) is 0 Å². The molecule has 2 heterocycles. The monoisotopic (exact) mass is 259 g/mol. The fourth-order valence-corrected chi connectivity index (χ4v) is 2.62. The number of halogens is 2. The molecule has 5 heteroatoms. The molecule has 0 amide bonds. The average Bonchev–Trinajstić information content (AvgIpc) is 2.57. The second-order valence-electron chi connectivity index (χ2n) is 4.77. The smallest absolute Gasteiger partial charge is 0.129 e. The lowest BCUT2D eigenvalue weighted by Gasteiger charge is -2.30. The standard InChI is InChI=1S/C12H19ClFN3/c1-3-17-10(11(13)9(2)16-17)7-12(14)5-4-6-15-8-12/h15H,3-8H2,1-2H3. The van der Waals surface area contributed by atoms with E-state index in [2.05, 4.69) is 10.4 Å². The summed E-state index contributed by atoms with van der Waals surface area (Å²) in [6.07, 6.45) is 1.84. The van der Waals surface area contributed by atoms with Gasteiger partial charge in [0.2, 0.25) is 0 Å². The fourth-order valence-electron chi connectivity index (χ4n) is 2.42. The van der Waals surface area contributed by atoms with Gasteiger partial charge >= 0.3 is 0 Å². The van der Waals surface area contributed by atoms with E-state index >= 15 is 0 Å². The Morgan fingerprint density at radius 2 is 2.35 bits per heavy atom. The highest BCUT2D eigenvalue weighted by Crippen LogP contribution is 2.30. The van der Waals surface area contributed by atoms with Crippen molar-refractivity contribution in [1.82, 2.24) is 15.1 Å². The molecule has 96 valence electrons. The van der Waals surface area contributed by atoms with E-state index in [1.807, 2.05) is 18.5 Å². The van der Waals surface area contributed by atoms with Crippen LogP contribution in [-0.4, -0.2) is 28.5 Å². The molecule has 0 aliphatic carbocycles. The minimum Gasteiger partial charge on any atom is -0.314 e. The molecule has 0 spiro atoms. The summed E-state index contributed by atoms with van der Waals surface area (Å²) in [4.78, 5) is 0. The summed E-state index contributed by atoms with van der Waals surface area (Å²) in [5.74, 6) is 0. The predicted molar refractivity (Wildman–Crippen MR) is 67.3 cm³/mol. The molecule has 3 nitrogen and oxygen atoms in total. The summed E-state index contributed by atoms with van der Waals surface area (Å²) in [5, 5.41) is 8.05. The first-order valence-electron chi connectivity index (χ1n) is 6.17. The third-order valence-electron chi connectivity index (χ3n) is 3.36. The van der Waals surface area contributed by atoms with Gasteiger partial charge in [0.05, 0.1) is 16.4 Å². The van der Waals surface area contributed by atoms with E-state index in [0.29, 0.717) is 24.4 Å². The van der Waals surface area contributed by atoms with Crippen molar-refractivity contribution in [1.29, 1.82) is 0 Å². The molecule has 1 N–H and O–H groups in total. The van der Waals surface area contributed by atoms with Crippen LogP contribution in [0.25, 0.3) is 0 Å². The van der Waals surface area contributed by atoms with Crippen molar-refractivity contribution in [3.8, 4) is 0 Å². The Morgan fingerprint density at radius 1 is 1.59 bits per heavy atom. The summed E-state index contributed by atoms with van der Waals surface area (Å²) in [5.41, 5.74) is 0.440. The van der Waals surface area contributed by atoms with Crippen molar-refractivity contribution >= 4 is 11.6 Å². The number of rotatable bonds is 3. The third-order valence-corrected chi connectivity index (χ3v) is 3.85. The van der Waals surface area contributed by atoms with Crippen molar-refractivity contribution in [2.75, 3.05) is 13.1 Å². The second-order valence-corrected chi connectivity index (χ2v) is 5.15. The number of hydrogen-bond donors (Lipinski definition) is 1. The second kappa shape index (κ2) is 4.94. The first-order chi connectivity index (χ1) is 8.06. The molecule has 1 aromatic heterocycles. The maximum atomic E-state index is 14.6. The lowest BCUT2D eigenvalue weighted by molar-refractivity contribution is 0.120. The molecule has 1 aliphatic rings. The van der Waals surface area contributed by atoms with Crippen molar-refractivity contribution in [2.45, 2.75) is 45.3 Å². The highest BCUT2D eigenvalue weighted by Gasteiger charge is 2.34. The number of alkyl halides is 1. The van der Waals surface area contributed by atoms with E-state index in [0.717, 1.165) is 30.9 Å². The Hall–Kier alpha value is -0.610. The van der Waals surface area contributed by atoms with Gasteiger partial charge in [0.15, 0.2) is 0 Å². The van der Waals surface area contributed by atoms with Gasteiger partial charge in [0.1, 0.15) is 5.67 Å². The van der Waals surface area contributed by atoms with E-state index in [1.165, 1.54) is 0 Å². The maximum absolute atomic E-state index is 14.6. The average molecular weight is 260 g/mol. The molecule has 0 aromatic carbocycles. The number of nitrogens with one attached hydrogen (secondary N) is 1. The van der Waals surface area contributed by atoms with Gasteiger partial charge in [-0.1, -0.05) is 11.6 Å². The van der Waals surface area contributed by atoms with Gasteiger partial charge in [-0.25, -0.2) is 4.39 Å². The Bertz CT molecular complexity index is 397. The van der Waals surface area contributed by atoms with Crippen molar-refractivity contribution in [3.63, 3.8) is 0 Å². The molecule has 1 aliphatic heterocycles. The van der Waals surface area contributed by atoms with E-state index in [4.69, 9.17) is 11.6 Å². The highest BCUT2D eigenvalue weighted by molar-refractivity contribution is 6.31. The van der Waals surface area contributed by atoms with Crippen LogP contribution in [0.1, 0.15) is 31.2 Å². The molecule has 0 saturated carbocycles. The van der Waals surface area contributed by atoms with Gasteiger partial charge in [-0.3, -0.25) is 4.68 Å². The molecule has 1 atom stereocenters. The van der Waals surface area contributed by atoms with Gasteiger partial charge in [0.25, 0.3) is 0 Å². The number of aryl methyl sites for hydroxylation is 2. The van der Waals surface area contributed by atoms with Crippen LogP contribution < -0.4 is 5.32 Å². The molecule has 2 rings (SSSR count). The Balaban J connectivity index is 2.22. The van der Waals surface area contributed by atoms with Gasteiger partial charge in [-0.05, 0) is 33.2 Å². The van der Waals surface area contributed by atoms with Gasteiger partial charge < -0.3 is 5.32 Å². The van der Waals surface area contributed by atoms with E-state index in [1.54, 1.807) is 0 Å². The van der Waals surface area contributed by atoms with Crippen LogP contribution in [0, 0.1) is 6.92 Å². The molecule has 0 bridgehead atoms. The molecule has 1 fully saturated rings. The van der Waals surface area contributed by atoms with Gasteiger partial charge in [-0.15, -0.1) is 0 Å². The van der Waals surface area contributed by atoms with Crippen LogP contribution in [-0.2, 0) is 13.0 Å². The zero-order valence-corrected chi connectivity index (χ0v) is 11.1. The highest BCUT2D eigenvalue weighted by atomic mass is 35.5. The number of hydrogen-bond acceptors (Lipinski definition) is 2. The zero-order valence-electron chi connectivity index (χ0n) is 10.4. The molecular formula is C12H19ClFN3. The summed E-state index contributed by atoms with van der Waals surface area (Å²) < 4.78 is 16.4. The van der Waals surface area contributed by atoms with Gasteiger partial charge in [0, 0.05) is 19.5 Å². The first-order valence-corrected chi connectivity index (χ1v) is 6.55. The SMILES string of the molecule is CCn1nc(C)c(Cl)c1CC1(F)CCCNC1. The van der Waals surface area contributed by atoms with Crippen LogP contribution >= 0.6 is 11.6 Å². The minimum atomic E-state index is -1.18. The number of nitrogens with zero attached hydrogens (tertiary/aromatic N) is 2. The van der Waals surface area contributed by atoms with E-state index in [-0.39, 0.29) is 0 Å². The van der Waals surface area contributed by atoms with E-state index < -0.39 is 5.67 Å². The lowest BCUT2D eigenvalue weighted by Crippen LogP contribution is -2.44. The summed E-state index contributed by atoms with van der Waals surface area (Å²) in [6.45, 7) is 5.91. The summed E-state index contributed by atoms with van der Waals surface area (Å²) in [7, 11) is 0. The van der Waals surface area contributed by atoms with Crippen LogP contribution in [0.5, 0.6) is 0 Å². The molecular weight excluding hydrogens is 241 g/mol. The normalized spacial score (nSPS) is 25.2. The van der Waals surface area contributed by atoms with E-state index in [9.17, 15) is 4.39 Å². The van der Waals surface area contributed by atoms with Crippen molar-refractivity contribution in [2.24, 2.45) is 0 Å². The van der Waals surface area contributed by atoms with Gasteiger partial charge in [-0.2, -0.15) is 5.10 Å². The topological polar surface area (TPSA) is 29.9 Å². The summed E-state index contributed by atoms with van der Waals surface area (Å²) >= 11 is 6.20. The van der Waals surface area contributed by atoms with Crippen LogP contribution in [0.4, 0.5) is 4.39 Å². The zero-order chi connectivity index (χ0) is 12.5. The summed E-state index contributed by atoms with van der Waals surface area (Å²) in [6, 6.07) is 0. The number of piperidine rings is 1. The molecule has 1 aromatic rings. The van der Waals surface area contributed by atoms with Crippen LogP contribution in [0.2, 0.25) is 5.02 Å². The predicted octanol–water partition coefficient (Wildman–Crippen LogP) is 2.50.